The van der Waals surface area contributed by atoms with Crippen molar-refractivity contribution in [2.45, 2.75) is 0 Å². The van der Waals surface area contributed by atoms with E-state index in [-0.39, 0.29) is 29.5 Å². The molecule has 0 N–H and O–H groups in total. The molecule has 150 valence electrons. The van der Waals surface area contributed by atoms with Crippen LogP contribution in [0.3, 0.4) is 0 Å². The Hall–Kier alpha value is -2.80. The molecule has 0 spiro atoms. The van der Waals surface area contributed by atoms with Gasteiger partial charge in [-0.15, -0.1) is 0 Å². The zero-order chi connectivity index (χ0) is 20.7. The second kappa shape index (κ2) is 8.52. The first-order chi connectivity index (χ1) is 13.9. The van der Waals surface area contributed by atoms with Gasteiger partial charge in [-0.3, -0.25) is 0 Å². The van der Waals surface area contributed by atoms with Gasteiger partial charge in [-0.25, -0.2) is 4.58 Å². The van der Waals surface area contributed by atoms with Crippen molar-refractivity contribution in [2.24, 2.45) is 0 Å². The third-order valence-corrected chi connectivity index (χ3v) is 5.14. The van der Waals surface area contributed by atoms with Gasteiger partial charge >= 0.3 is 0 Å². The minimum Gasteiger partial charge on any atom is -0.545 e. The van der Waals surface area contributed by atoms with Crippen molar-refractivity contribution in [1.29, 1.82) is 0 Å². The Morgan fingerprint density at radius 3 is 2.37 bits per heavy atom. The van der Waals surface area contributed by atoms with Gasteiger partial charge in [-0.05, 0) is 23.8 Å². The molecule has 0 saturated heterocycles. The number of rotatable bonds is 3. The van der Waals surface area contributed by atoms with Crippen molar-refractivity contribution in [2.75, 3.05) is 33.1 Å². The first kappa shape index (κ1) is 21.9. The van der Waals surface area contributed by atoms with Crippen molar-refractivity contribution >= 4 is 46.5 Å². The number of carboxylic acids is 1. The number of hydrogen-bond acceptors (Lipinski definition) is 4. The number of carbonyl (C=O) groups is 1. The Morgan fingerprint density at radius 1 is 0.967 bits per heavy atom. The Morgan fingerprint density at radius 2 is 1.70 bits per heavy atom. The van der Waals surface area contributed by atoms with Crippen LogP contribution in [-0.4, -0.2) is 58.1 Å². The number of carboxylic acid groups (broad SMARTS) is 1. The quantitative estimate of drug-likeness (QED) is 0.244. The predicted molar refractivity (Wildman–Crippen MR) is 120 cm³/mol. The summed E-state index contributed by atoms with van der Waals surface area (Å²) in [5, 5.41) is 13.7. The van der Waals surface area contributed by atoms with E-state index in [0.29, 0.717) is 16.9 Å². The van der Waals surface area contributed by atoms with Crippen LogP contribution in [0.5, 0.6) is 0 Å². The van der Waals surface area contributed by atoms with E-state index in [9.17, 15) is 9.90 Å². The van der Waals surface area contributed by atoms with Gasteiger partial charge in [0.05, 0.1) is 12.0 Å². The molecule has 0 aromatic heterocycles. The number of benzene rings is 3. The van der Waals surface area contributed by atoms with E-state index in [4.69, 9.17) is 4.42 Å². The number of aromatic carboxylic acids is 1. The van der Waals surface area contributed by atoms with E-state index < -0.39 is 5.97 Å². The molecule has 5 nitrogen and oxygen atoms in total. The number of anilines is 1. The predicted octanol–water partition coefficient (Wildman–Crippen LogP) is 2.29. The molecule has 2 aromatic carbocycles. The Kier molecular flexibility index (Phi) is 6.22. The Balaban J connectivity index is 0.00000256. The van der Waals surface area contributed by atoms with E-state index in [1.54, 1.807) is 12.1 Å². The summed E-state index contributed by atoms with van der Waals surface area (Å²) in [6.45, 7) is 0. The van der Waals surface area contributed by atoms with E-state index >= 15 is 0 Å². The molecule has 0 saturated carbocycles. The summed E-state index contributed by atoms with van der Waals surface area (Å²) in [7, 11) is 7.88. The molecular weight excluding hydrogens is 483 g/mol. The van der Waals surface area contributed by atoms with Gasteiger partial charge in [-0.1, -0.05) is 24.3 Å². The Bertz CT molecular complexity index is 1290. The van der Waals surface area contributed by atoms with Crippen molar-refractivity contribution < 1.29 is 14.3 Å². The van der Waals surface area contributed by atoms with Crippen LogP contribution in [0.25, 0.3) is 33.4 Å². The second-order valence-corrected chi connectivity index (χ2v) is 7.46. The molecule has 4 rings (SSSR count). The van der Waals surface area contributed by atoms with Crippen LogP contribution in [0.1, 0.15) is 10.4 Å². The summed E-state index contributed by atoms with van der Waals surface area (Å²) in [5.74, 6) is -0.500. The number of hydrogen-bond donors (Lipinski definition) is 0. The first-order valence-electron chi connectivity index (χ1n) is 9.36. The largest absolute Gasteiger partial charge is 0.545 e. The zero-order valence-electron chi connectivity index (χ0n) is 17.4. The maximum absolute atomic E-state index is 11.8. The zero-order valence-corrected chi connectivity index (χ0v) is 20.2. The maximum atomic E-state index is 11.8. The van der Waals surface area contributed by atoms with E-state index in [1.807, 2.05) is 86.2 Å². The summed E-state index contributed by atoms with van der Waals surface area (Å²) < 4.78 is 8.28. The minimum atomic E-state index is -1.20. The standard InChI is InChI=1S/C24H22N2O3.Sn/c1-25(2)15-9-11-19-21(13-15)29-22-14-16(26(3)4)10-12-20(22)23(19)17-7-5-6-8-18(17)24(27)28;/h5-14H,1-4H3;. The smallest absolute Gasteiger partial charge is 0.203 e. The molecule has 1 aliphatic heterocycles. The molecule has 0 fully saturated rings. The fourth-order valence-electron chi connectivity index (χ4n) is 3.59. The van der Waals surface area contributed by atoms with Gasteiger partial charge in [0.2, 0.25) is 5.36 Å². The monoisotopic (exact) mass is 506 g/mol. The number of carbonyl (C=O) groups excluding carboxylic acids is 1. The molecular formula is C24H22N2O3Sn. The molecule has 1 aliphatic carbocycles. The summed E-state index contributed by atoms with van der Waals surface area (Å²) in [5.41, 5.74) is 4.17. The van der Waals surface area contributed by atoms with Crippen LogP contribution in [0.2, 0.25) is 0 Å². The third kappa shape index (κ3) is 3.81. The van der Waals surface area contributed by atoms with Gasteiger partial charge in [0.1, 0.15) is 25.4 Å². The van der Waals surface area contributed by atoms with Crippen molar-refractivity contribution in [3.05, 3.63) is 71.6 Å². The van der Waals surface area contributed by atoms with Gasteiger partial charge in [0.15, 0.2) is 0 Å². The van der Waals surface area contributed by atoms with Gasteiger partial charge in [0.25, 0.3) is 0 Å². The SMILES string of the molecule is CN(C)c1ccc2c(-c3ccccc3C(=O)[O-])c3ccc(=[N+](C)C)cc-3oc2c1.[Sn]. The fraction of sp³-hybridized carbons (Fsp3) is 0.167. The maximum Gasteiger partial charge on any atom is 0.203 e. The summed E-state index contributed by atoms with van der Waals surface area (Å²) >= 11 is 0. The normalized spacial score (nSPS) is 10.7. The molecule has 0 unspecified atom stereocenters. The molecule has 0 amide bonds. The molecule has 2 aliphatic rings. The van der Waals surface area contributed by atoms with Crippen LogP contribution in [0.15, 0.2) is 65.1 Å². The van der Waals surface area contributed by atoms with Crippen molar-refractivity contribution in [1.82, 2.24) is 4.58 Å². The minimum absolute atomic E-state index is 0. The van der Waals surface area contributed by atoms with Gasteiger partial charge < -0.3 is 19.2 Å². The van der Waals surface area contributed by atoms with E-state index in [2.05, 4.69) is 0 Å². The summed E-state index contributed by atoms with van der Waals surface area (Å²) in [6.07, 6.45) is 0. The van der Waals surface area contributed by atoms with Crippen LogP contribution in [0.4, 0.5) is 5.69 Å². The molecule has 1 heterocycles. The van der Waals surface area contributed by atoms with Crippen LogP contribution < -0.4 is 19.9 Å². The average molecular weight is 505 g/mol. The molecule has 2 aromatic rings. The Labute approximate surface area is 192 Å². The summed E-state index contributed by atoms with van der Waals surface area (Å²) in [4.78, 5) is 13.8. The van der Waals surface area contributed by atoms with Crippen LogP contribution in [0, 0.1) is 0 Å². The fourth-order valence-corrected chi connectivity index (χ4v) is 3.59. The van der Waals surface area contributed by atoms with Gasteiger partial charge in [0, 0.05) is 77.9 Å². The molecule has 30 heavy (non-hydrogen) atoms. The van der Waals surface area contributed by atoms with E-state index in [1.165, 1.54) is 0 Å². The van der Waals surface area contributed by atoms with Crippen LogP contribution >= 0.6 is 0 Å². The van der Waals surface area contributed by atoms with Crippen LogP contribution in [-0.2, 0) is 0 Å². The second-order valence-electron chi connectivity index (χ2n) is 7.46. The number of fused-ring (bicyclic) bond motifs is 2. The van der Waals surface area contributed by atoms with Crippen molar-refractivity contribution in [3.8, 4) is 22.5 Å². The van der Waals surface area contributed by atoms with Gasteiger partial charge in [-0.2, -0.15) is 0 Å². The van der Waals surface area contributed by atoms with E-state index in [0.717, 1.165) is 27.6 Å². The third-order valence-electron chi connectivity index (χ3n) is 5.14. The average Bonchev–Trinajstić information content (AvgIpc) is 2.70. The van der Waals surface area contributed by atoms with Crippen molar-refractivity contribution in [3.63, 3.8) is 0 Å². The summed E-state index contributed by atoms with van der Waals surface area (Å²) in [6, 6.07) is 18.9. The molecule has 4 radical (unpaired) electrons. The first-order valence-corrected chi connectivity index (χ1v) is 9.36. The number of nitrogens with zero attached hydrogens (tertiary/aromatic N) is 2. The molecule has 0 atom stereocenters. The molecule has 0 bridgehead atoms. The molecule has 6 heteroatoms. The topological polar surface area (TPSA) is 59.5 Å².